The van der Waals surface area contributed by atoms with E-state index < -0.39 is 0 Å². The van der Waals surface area contributed by atoms with E-state index in [9.17, 15) is 0 Å². The molecular weight excluding hydrogens is 697 g/mol. The summed E-state index contributed by atoms with van der Waals surface area (Å²) in [6.45, 7) is 36.4. The molecule has 0 aromatic rings. The smallest absolute Gasteiger partial charge is 0.154 e. The summed E-state index contributed by atoms with van der Waals surface area (Å²) in [5.41, 5.74) is 0. The Bertz CT molecular complexity index is 563. The topological polar surface area (TPSA) is 55.4 Å². The van der Waals surface area contributed by atoms with E-state index >= 15 is 0 Å². The lowest BCUT2D eigenvalue weighted by atomic mass is 9.84. The second-order valence-electron chi connectivity index (χ2n) is 20.4. The molecule has 0 N–H and O–H groups in total. The van der Waals surface area contributed by atoms with Crippen LogP contribution in [-0.4, -0.2) is 64.4 Å². The van der Waals surface area contributed by atoms with Crippen LogP contribution in [0.3, 0.4) is 0 Å². The number of hydrogen-bond donors (Lipinski definition) is 0. The fourth-order valence-electron chi connectivity index (χ4n) is 7.70. The molecule has 0 spiro atoms. The Labute approximate surface area is 350 Å². The van der Waals surface area contributed by atoms with Crippen LogP contribution in [0.1, 0.15) is 200 Å². The molecule has 4 saturated heterocycles. The zero-order valence-electron chi connectivity index (χ0n) is 40.1. The molecule has 7 fully saturated rings. The van der Waals surface area contributed by atoms with Crippen molar-refractivity contribution in [2.24, 2.45) is 59.2 Å². The first-order valence-corrected chi connectivity index (χ1v) is 24.2. The summed E-state index contributed by atoms with van der Waals surface area (Å²) in [6.07, 6.45) is 24.0. The molecule has 4 atom stereocenters. The Kier molecular flexibility index (Phi) is 31.2. The predicted octanol–water partition coefficient (Wildman–Crippen LogP) is 14.2. The first kappa shape index (κ1) is 53.8. The molecular formula is C50H100O6. The molecule has 6 nitrogen and oxygen atoms in total. The molecule has 4 heterocycles. The molecule has 7 aliphatic rings. The van der Waals surface area contributed by atoms with Crippen LogP contribution in [0.25, 0.3) is 0 Å². The number of hydrogen-bond acceptors (Lipinski definition) is 6. The van der Waals surface area contributed by atoms with Crippen molar-refractivity contribution < 1.29 is 28.4 Å². The summed E-state index contributed by atoms with van der Waals surface area (Å²) in [5, 5.41) is 0. The molecule has 7 rings (SSSR count). The lowest BCUT2D eigenvalue weighted by Crippen LogP contribution is -2.27. The van der Waals surface area contributed by atoms with Crippen molar-refractivity contribution >= 4 is 0 Å². The van der Waals surface area contributed by atoms with Crippen molar-refractivity contribution in [3.8, 4) is 0 Å². The monoisotopic (exact) mass is 797 g/mol. The van der Waals surface area contributed by atoms with Crippen molar-refractivity contribution in [1.29, 1.82) is 0 Å². The van der Waals surface area contributed by atoms with Crippen molar-refractivity contribution in [1.82, 2.24) is 0 Å². The van der Waals surface area contributed by atoms with Gasteiger partial charge in [0, 0.05) is 25.0 Å². The molecule has 4 aliphatic heterocycles. The van der Waals surface area contributed by atoms with Crippen molar-refractivity contribution in [2.75, 3.05) is 39.6 Å². The van der Waals surface area contributed by atoms with Crippen LogP contribution in [0, 0.1) is 59.2 Å². The summed E-state index contributed by atoms with van der Waals surface area (Å²) < 4.78 is 31.5. The van der Waals surface area contributed by atoms with Crippen LogP contribution in [0.2, 0.25) is 0 Å². The van der Waals surface area contributed by atoms with Gasteiger partial charge in [0.25, 0.3) is 0 Å². The summed E-state index contributed by atoms with van der Waals surface area (Å²) in [5.74, 6) is 8.86. The SMILES string of the molecule is CC1CCC(C)CC1.CC1CCC(C)CC1.CC1CCC(C)CC1.CC1CCC(C)OC1.CC1CCC(C)OC1.CC1COC(C)OC1.CC1COC(C)OC1. The van der Waals surface area contributed by atoms with Gasteiger partial charge in [-0.2, -0.15) is 0 Å². The van der Waals surface area contributed by atoms with E-state index in [4.69, 9.17) is 28.4 Å². The van der Waals surface area contributed by atoms with Crippen LogP contribution in [0.4, 0.5) is 0 Å². The highest BCUT2D eigenvalue weighted by atomic mass is 16.7. The molecule has 6 heteroatoms. The van der Waals surface area contributed by atoms with Crippen LogP contribution < -0.4 is 0 Å². The normalized spacial score (nSPS) is 39.8. The predicted molar refractivity (Wildman–Crippen MR) is 239 cm³/mol. The Hall–Kier alpha value is -0.240. The van der Waals surface area contributed by atoms with Gasteiger partial charge in [0.1, 0.15) is 0 Å². The molecule has 3 saturated carbocycles. The summed E-state index contributed by atoms with van der Waals surface area (Å²) >= 11 is 0. The Balaban J connectivity index is 0.000000327. The Morgan fingerprint density at radius 2 is 0.375 bits per heavy atom. The van der Waals surface area contributed by atoms with E-state index in [1.54, 1.807) is 0 Å². The quantitative estimate of drug-likeness (QED) is 0.243. The van der Waals surface area contributed by atoms with E-state index in [0.717, 1.165) is 87.0 Å². The van der Waals surface area contributed by atoms with E-state index in [2.05, 4.69) is 83.1 Å². The lowest BCUT2D eigenvalue weighted by molar-refractivity contribution is -0.187. The average Bonchev–Trinajstić information content (AvgIpc) is 3.18. The van der Waals surface area contributed by atoms with Gasteiger partial charge in [0.2, 0.25) is 0 Å². The van der Waals surface area contributed by atoms with E-state index in [-0.39, 0.29) is 12.6 Å². The maximum Gasteiger partial charge on any atom is 0.154 e. The fourth-order valence-corrected chi connectivity index (χ4v) is 7.70. The van der Waals surface area contributed by atoms with Crippen molar-refractivity contribution in [3.05, 3.63) is 0 Å². The van der Waals surface area contributed by atoms with Crippen molar-refractivity contribution in [3.63, 3.8) is 0 Å². The van der Waals surface area contributed by atoms with E-state index in [1.807, 2.05) is 13.8 Å². The minimum Gasteiger partial charge on any atom is -0.378 e. The molecule has 0 aromatic heterocycles. The third kappa shape index (κ3) is 30.8. The minimum absolute atomic E-state index is 0.0196. The van der Waals surface area contributed by atoms with Gasteiger partial charge < -0.3 is 28.4 Å². The van der Waals surface area contributed by atoms with Gasteiger partial charge in [0.05, 0.1) is 38.6 Å². The fraction of sp³-hybridized carbons (Fsp3) is 1.00. The second-order valence-corrected chi connectivity index (χ2v) is 20.4. The minimum atomic E-state index is 0.0196. The largest absolute Gasteiger partial charge is 0.378 e. The van der Waals surface area contributed by atoms with E-state index in [0.29, 0.717) is 24.0 Å². The van der Waals surface area contributed by atoms with Gasteiger partial charge in [-0.1, -0.05) is 146 Å². The highest BCUT2D eigenvalue weighted by Crippen LogP contribution is 2.29. The highest BCUT2D eigenvalue weighted by molar-refractivity contribution is 4.68. The Morgan fingerprint density at radius 3 is 0.518 bits per heavy atom. The summed E-state index contributed by atoms with van der Waals surface area (Å²) in [4.78, 5) is 0. The molecule has 0 bridgehead atoms. The summed E-state index contributed by atoms with van der Waals surface area (Å²) in [7, 11) is 0. The Morgan fingerprint density at radius 1 is 0.196 bits per heavy atom. The molecule has 0 aromatic carbocycles. The van der Waals surface area contributed by atoms with E-state index in [1.165, 1.54) is 103 Å². The van der Waals surface area contributed by atoms with Gasteiger partial charge in [0.15, 0.2) is 12.6 Å². The maximum atomic E-state index is 5.39. The van der Waals surface area contributed by atoms with Crippen LogP contribution >= 0.6 is 0 Å². The number of rotatable bonds is 0. The third-order valence-corrected chi connectivity index (χ3v) is 12.8. The second kappa shape index (κ2) is 32.5. The van der Waals surface area contributed by atoms with Gasteiger partial charge in [-0.05, 0) is 101 Å². The first-order valence-electron chi connectivity index (χ1n) is 24.2. The molecule has 0 amide bonds. The molecule has 4 unspecified atom stereocenters. The molecule has 0 radical (unpaired) electrons. The van der Waals surface area contributed by atoms with Gasteiger partial charge >= 0.3 is 0 Å². The zero-order valence-corrected chi connectivity index (χ0v) is 40.1. The average molecular weight is 797 g/mol. The van der Waals surface area contributed by atoms with Crippen molar-refractivity contribution in [2.45, 2.75) is 224 Å². The summed E-state index contributed by atoms with van der Waals surface area (Å²) in [6, 6.07) is 0. The van der Waals surface area contributed by atoms with Crippen LogP contribution in [0.5, 0.6) is 0 Å². The maximum absolute atomic E-state index is 5.39. The van der Waals surface area contributed by atoms with Gasteiger partial charge in [-0.3, -0.25) is 0 Å². The molecule has 56 heavy (non-hydrogen) atoms. The molecule has 336 valence electrons. The number of ether oxygens (including phenoxy) is 6. The van der Waals surface area contributed by atoms with Gasteiger partial charge in [-0.15, -0.1) is 0 Å². The standard InChI is InChI=1S/3C8H16.2C7H14O.2C6H12O2/c3*1-7-3-5-8(2)6-4-7;2*1-6-3-4-7(2)8-5-6;2*1-5-3-7-6(2)8-4-5/h3*7-8H,3-6H2,1-2H3;2*6-7H,3-5H2,1-2H3;2*5-6H,3-4H2,1-2H3. The molecule has 3 aliphatic carbocycles. The zero-order chi connectivity index (χ0) is 41.9. The van der Waals surface area contributed by atoms with Crippen LogP contribution in [-0.2, 0) is 28.4 Å². The lowest BCUT2D eigenvalue weighted by Gasteiger charge is -2.24. The van der Waals surface area contributed by atoms with Crippen LogP contribution in [0.15, 0.2) is 0 Å². The highest BCUT2D eigenvalue weighted by Gasteiger charge is 2.17. The van der Waals surface area contributed by atoms with Gasteiger partial charge in [-0.25, -0.2) is 0 Å². The third-order valence-electron chi connectivity index (χ3n) is 12.8. The first-order chi connectivity index (χ1) is 26.5.